The average molecular weight is 227 g/mol. The fourth-order valence-corrected chi connectivity index (χ4v) is 2.51. The van der Waals surface area contributed by atoms with Crippen molar-refractivity contribution in [2.45, 2.75) is 73.3 Å². The predicted octanol–water partition coefficient (Wildman–Crippen LogP) is 4.57. The average Bonchev–Trinajstić information content (AvgIpc) is 2.22. The molecule has 1 heteroatoms. The molecule has 0 radical (unpaired) electrons. The normalized spacial score (nSPS) is 14.8. The molecule has 0 spiro atoms. The van der Waals surface area contributed by atoms with Gasteiger partial charge in [-0.3, -0.25) is 4.90 Å². The van der Waals surface area contributed by atoms with Gasteiger partial charge in [0.15, 0.2) is 0 Å². The molecule has 1 nitrogen and oxygen atoms in total. The summed E-state index contributed by atoms with van der Waals surface area (Å²) in [6, 6.07) is 0. The van der Waals surface area contributed by atoms with Gasteiger partial charge in [-0.1, -0.05) is 47.5 Å². The van der Waals surface area contributed by atoms with Crippen molar-refractivity contribution in [1.82, 2.24) is 4.90 Å². The summed E-state index contributed by atoms with van der Waals surface area (Å²) in [4.78, 5) is 2.66. The molecule has 98 valence electrons. The first kappa shape index (κ1) is 16.0. The molecule has 0 aromatic rings. The molecule has 0 saturated heterocycles. The largest absolute Gasteiger partial charge is 0.298 e. The van der Waals surface area contributed by atoms with Gasteiger partial charge in [0.1, 0.15) is 0 Å². The summed E-state index contributed by atoms with van der Waals surface area (Å²) in [5.41, 5.74) is 0.330. The fourth-order valence-electron chi connectivity index (χ4n) is 2.51. The third-order valence-corrected chi connectivity index (χ3v) is 4.34. The standard InChI is InChI=1S/C15H33N/c1-8-10-11-12-16(9-2)15(6,7)14(5)13(3)4/h13-14H,8-12H2,1-7H3. The van der Waals surface area contributed by atoms with Gasteiger partial charge in [-0.05, 0) is 45.2 Å². The molecule has 0 N–H and O–H groups in total. The summed E-state index contributed by atoms with van der Waals surface area (Å²) in [5, 5.41) is 0. The first-order valence-corrected chi connectivity index (χ1v) is 7.12. The molecular weight excluding hydrogens is 194 g/mol. The Bertz CT molecular complexity index is 172. The van der Waals surface area contributed by atoms with Crippen LogP contribution in [0.25, 0.3) is 0 Å². The number of nitrogens with zero attached hydrogens (tertiary/aromatic N) is 1. The Kier molecular flexibility index (Phi) is 7.30. The second-order valence-electron chi connectivity index (χ2n) is 5.97. The molecule has 0 aromatic carbocycles. The molecule has 1 atom stereocenters. The van der Waals surface area contributed by atoms with Crippen LogP contribution in [0.1, 0.15) is 67.7 Å². The second-order valence-corrected chi connectivity index (χ2v) is 5.97. The van der Waals surface area contributed by atoms with Crippen molar-refractivity contribution in [3.63, 3.8) is 0 Å². The highest BCUT2D eigenvalue weighted by Crippen LogP contribution is 2.30. The van der Waals surface area contributed by atoms with Crippen molar-refractivity contribution >= 4 is 0 Å². The molecule has 0 bridgehead atoms. The lowest BCUT2D eigenvalue weighted by Crippen LogP contribution is -2.50. The van der Waals surface area contributed by atoms with E-state index in [0.717, 1.165) is 11.8 Å². The molecule has 0 aromatic heterocycles. The minimum Gasteiger partial charge on any atom is -0.298 e. The Balaban J connectivity index is 4.41. The lowest BCUT2D eigenvalue weighted by Gasteiger charge is -2.44. The Morgan fingerprint density at radius 2 is 1.56 bits per heavy atom. The Labute approximate surface area is 104 Å². The van der Waals surface area contributed by atoms with E-state index in [4.69, 9.17) is 0 Å². The van der Waals surface area contributed by atoms with Crippen LogP contribution in [0, 0.1) is 11.8 Å². The number of unbranched alkanes of at least 4 members (excludes halogenated alkanes) is 2. The highest BCUT2D eigenvalue weighted by Gasteiger charge is 2.32. The summed E-state index contributed by atoms with van der Waals surface area (Å²) < 4.78 is 0. The van der Waals surface area contributed by atoms with Gasteiger partial charge in [-0.25, -0.2) is 0 Å². The third kappa shape index (κ3) is 4.45. The number of hydrogen-bond donors (Lipinski definition) is 0. The van der Waals surface area contributed by atoms with Crippen molar-refractivity contribution in [3.8, 4) is 0 Å². The summed E-state index contributed by atoms with van der Waals surface area (Å²) >= 11 is 0. The second kappa shape index (κ2) is 7.32. The van der Waals surface area contributed by atoms with Gasteiger partial charge in [-0.2, -0.15) is 0 Å². The molecule has 0 amide bonds. The molecule has 0 rings (SSSR count). The van der Waals surface area contributed by atoms with E-state index in [1.165, 1.54) is 32.4 Å². The van der Waals surface area contributed by atoms with E-state index in [-0.39, 0.29) is 0 Å². The maximum atomic E-state index is 2.66. The zero-order valence-electron chi connectivity index (χ0n) is 12.6. The van der Waals surface area contributed by atoms with Gasteiger partial charge in [-0.15, -0.1) is 0 Å². The molecule has 1 unspecified atom stereocenters. The zero-order valence-corrected chi connectivity index (χ0v) is 12.6. The van der Waals surface area contributed by atoms with Crippen LogP contribution in [0.4, 0.5) is 0 Å². The molecule has 0 heterocycles. The third-order valence-electron chi connectivity index (χ3n) is 4.34. The minimum atomic E-state index is 0.330. The van der Waals surface area contributed by atoms with Crippen LogP contribution in [-0.4, -0.2) is 23.5 Å². The van der Waals surface area contributed by atoms with E-state index in [2.05, 4.69) is 53.4 Å². The van der Waals surface area contributed by atoms with Crippen molar-refractivity contribution in [2.75, 3.05) is 13.1 Å². The lowest BCUT2D eigenvalue weighted by atomic mass is 9.79. The monoisotopic (exact) mass is 227 g/mol. The van der Waals surface area contributed by atoms with Gasteiger partial charge < -0.3 is 0 Å². The van der Waals surface area contributed by atoms with Crippen LogP contribution >= 0.6 is 0 Å². The molecule has 0 saturated carbocycles. The molecule has 0 fully saturated rings. The summed E-state index contributed by atoms with van der Waals surface area (Å²) in [6.07, 6.45) is 4.03. The van der Waals surface area contributed by atoms with E-state index in [1.807, 2.05) is 0 Å². The first-order valence-electron chi connectivity index (χ1n) is 7.12. The quantitative estimate of drug-likeness (QED) is 0.549. The van der Waals surface area contributed by atoms with E-state index < -0.39 is 0 Å². The van der Waals surface area contributed by atoms with Gasteiger partial charge in [0.2, 0.25) is 0 Å². The zero-order chi connectivity index (χ0) is 12.8. The smallest absolute Gasteiger partial charge is 0.0181 e. The highest BCUT2D eigenvalue weighted by molar-refractivity contribution is 4.87. The van der Waals surface area contributed by atoms with Crippen molar-refractivity contribution < 1.29 is 0 Å². The SMILES string of the molecule is CCCCCN(CC)C(C)(C)C(C)C(C)C. The molecular formula is C15H33N. The molecule has 0 aliphatic heterocycles. The minimum absolute atomic E-state index is 0.330. The van der Waals surface area contributed by atoms with Crippen LogP contribution in [0.3, 0.4) is 0 Å². The van der Waals surface area contributed by atoms with Gasteiger partial charge >= 0.3 is 0 Å². The van der Waals surface area contributed by atoms with Crippen molar-refractivity contribution in [2.24, 2.45) is 11.8 Å². The highest BCUT2D eigenvalue weighted by atomic mass is 15.2. The summed E-state index contributed by atoms with van der Waals surface area (Å²) in [5.74, 6) is 1.50. The van der Waals surface area contributed by atoms with Gasteiger partial charge in [0.05, 0.1) is 0 Å². The molecule has 0 aliphatic rings. The summed E-state index contributed by atoms with van der Waals surface area (Å²) in [7, 11) is 0. The Hall–Kier alpha value is -0.0400. The lowest BCUT2D eigenvalue weighted by molar-refractivity contribution is 0.0520. The van der Waals surface area contributed by atoms with Gasteiger partial charge in [0.25, 0.3) is 0 Å². The Morgan fingerprint density at radius 3 is 1.94 bits per heavy atom. The van der Waals surface area contributed by atoms with Crippen LogP contribution in [-0.2, 0) is 0 Å². The summed E-state index contributed by atoms with van der Waals surface area (Å²) in [6.45, 7) is 18.9. The van der Waals surface area contributed by atoms with E-state index in [0.29, 0.717) is 5.54 Å². The van der Waals surface area contributed by atoms with E-state index in [1.54, 1.807) is 0 Å². The number of hydrogen-bond acceptors (Lipinski definition) is 1. The van der Waals surface area contributed by atoms with Crippen LogP contribution in [0.2, 0.25) is 0 Å². The van der Waals surface area contributed by atoms with Crippen molar-refractivity contribution in [1.29, 1.82) is 0 Å². The molecule has 0 aliphatic carbocycles. The van der Waals surface area contributed by atoms with E-state index >= 15 is 0 Å². The Morgan fingerprint density at radius 1 is 1.00 bits per heavy atom. The number of rotatable bonds is 8. The van der Waals surface area contributed by atoms with Crippen LogP contribution in [0.5, 0.6) is 0 Å². The fraction of sp³-hybridized carbons (Fsp3) is 1.00. The van der Waals surface area contributed by atoms with Crippen molar-refractivity contribution in [3.05, 3.63) is 0 Å². The molecule has 16 heavy (non-hydrogen) atoms. The maximum Gasteiger partial charge on any atom is 0.0181 e. The van der Waals surface area contributed by atoms with Gasteiger partial charge in [0, 0.05) is 5.54 Å². The van der Waals surface area contributed by atoms with Crippen LogP contribution in [0.15, 0.2) is 0 Å². The first-order chi connectivity index (χ1) is 7.37. The maximum absolute atomic E-state index is 2.66. The van der Waals surface area contributed by atoms with Crippen LogP contribution < -0.4 is 0 Å². The van der Waals surface area contributed by atoms with E-state index in [9.17, 15) is 0 Å². The topological polar surface area (TPSA) is 3.24 Å². The predicted molar refractivity (Wildman–Crippen MR) is 74.9 cm³/mol.